The topological polar surface area (TPSA) is 54.9 Å². The standard InChI is InChI=1S/C17H11ClFN3OS/c18-14-7-2-1-6-13(14)16-21-22-17(24-16)20-15(23)9-8-11-4-3-5-12(19)10-11/h1-10H,(H,20,22,23)/b9-8+. The van der Waals surface area contributed by atoms with Crippen molar-refractivity contribution in [2.75, 3.05) is 5.32 Å². The summed E-state index contributed by atoms with van der Waals surface area (Å²) in [5.41, 5.74) is 1.35. The van der Waals surface area contributed by atoms with Crippen molar-refractivity contribution in [1.29, 1.82) is 0 Å². The summed E-state index contributed by atoms with van der Waals surface area (Å²) >= 11 is 7.33. The van der Waals surface area contributed by atoms with E-state index in [1.54, 1.807) is 18.2 Å². The molecule has 0 aliphatic carbocycles. The molecule has 24 heavy (non-hydrogen) atoms. The fourth-order valence-electron chi connectivity index (χ4n) is 1.95. The van der Waals surface area contributed by atoms with Crippen molar-refractivity contribution in [3.8, 4) is 10.6 Å². The molecule has 1 N–H and O–H groups in total. The van der Waals surface area contributed by atoms with E-state index >= 15 is 0 Å². The van der Waals surface area contributed by atoms with Gasteiger partial charge in [0.1, 0.15) is 5.82 Å². The maximum absolute atomic E-state index is 13.1. The van der Waals surface area contributed by atoms with E-state index in [0.29, 0.717) is 20.7 Å². The van der Waals surface area contributed by atoms with Crippen LogP contribution in [0.25, 0.3) is 16.6 Å². The summed E-state index contributed by atoms with van der Waals surface area (Å²) in [6.07, 6.45) is 2.83. The first-order chi connectivity index (χ1) is 11.6. The molecule has 1 heterocycles. The van der Waals surface area contributed by atoms with Gasteiger partial charge in [0.2, 0.25) is 11.0 Å². The van der Waals surface area contributed by atoms with Gasteiger partial charge in [-0.15, -0.1) is 10.2 Å². The van der Waals surface area contributed by atoms with Crippen LogP contribution in [-0.4, -0.2) is 16.1 Å². The molecule has 0 unspecified atom stereocenters. The molecule has 0 radical (unpaired) electrons. The molecular formula is C17H11ClFN3OS. The predicted octanol–water partition coefficient (Wildman–Crippen LogP) is 4.65. The Balaban J connectivity index is 1.68. The fourth-order valence-corrected chi connectivity index (χ4v) is 3.01. The molecule has 0 saturated carbocycles. The number of anilines is 1. The summed E-state index contributed by atoms with van der Waals surface area (Å²) in [5.74, 6) is -0.729. The molecule has 0 aliphatic rings. The minimum absolute atomic E-state index is 0.355. The first-order valence-corrected chi connectivity index (χ1v) is 8.14. The zero-order valence-electron chi connectivity index (χ0n) is 12.2. The summed E-state index contributed by atoms with van der Waals surface area (Å²) in [6.45, 7) is 0. The Labute approximate surface area is 146 Å². The van der Waals surface area contributed by atoms with E-state index in [2.05, 4.69) is 15.5 Å². The van der Waals surface area contributed by atoms with Gasteiger partial charge in [-0.05, 0) is 29.8 Å². The zero-order chi connectivity index (χ0) is 16.9. The van der Waals surface area contributed by atoms with E-state index < -0.39 is 0 Å². The molecule has 0 aliphatic heterocycles. The second kappa shape index (κ2) is 7.33. The highest BCUT2D eigenvalue weighted by atomic mass is 35.5. The van der Waals surface area contributed by atoms with Gasteiger partial charge in [0, 0.05) is 11.6 Å². The normalized spacial score (nSPS) is 10.9. The number of halogens is 2. The molecule has 0 saturated heterocycles. The van der Waals surface area contributed by atoms with Gasteiger partial charge < -0.3 is 0 Å². The molecule has 0 bridgehead atoms. The number of nitrogens with one attached hydrogen (secondary N) is 1. The Morgan fingerprint density at radius 1 is 1.17 bits per heavy atom. The van der Waals surface area contributed by atoms with Gasteiger partial charge >= 0.3 is 0 Å². The lowest BCUT2D eigenvalue weighted by atomic mass is 10.2. The Kier molecular flexibility index (Phi) is 4.98. The average Bonchev–Trinajstić information content (AvgIpc) is 3.02. The van der Waals surface area contributed by atoms with Crippen molar-refractivity contribution < 1.29 is 9.18 Å². The zero-order valence-corrected chi connectivity index (χ0v) is 13.8. The largest absolute Gasteiger partial charge is 0.297 e. The highest BCUT2D eigenvalue weighted by Crippen LogP contribution is 2.31. The van der Waals surface area contributed by atoms with Crippen LogP contribution >= 0.6 is 22.9 Å². The summed E-state index contributed by atoms with van der Waals surface area (Å²) < 4.78 is 13.1. The van der Waals surface area contributed by atoms with Crippen molar-refractivity contribution in [3.05, 3.63) is 71.0 Å². The molecule has 3 aromatic rings. The van der Waals surface area contributed by atoms with Crippen LogP contribution in [0.2, 0.25) is 5.02 Å². The van der Waals surface area contributed by atoms with Gasteiger partial charge in [0.15, 0.2) is 5.01 Å². The highest BCUT2D eigenvalue weighted by molar-refractivity contribution is 7.18. The van der Waals surface area contributed by atoms with Crippen LogP contribution in [0.3, 0.4) is 0 Å². The third-order valence-corrected chi connectivity index (χ3v) is 4.24. The number of carbonyl (C=O) groups excluding carboxylic acids is 1. The van der Waals surface area contributed by atoms with Gasteiger partial charge in [-0.2, -0.15) is 0 Å². The fraction of sp³-hybridized carbons (Fsp3) is 0. The number of nitrogens with zero attached hydrogens (tertiary/aromatic N) is 2. The number of rotatable bonds is 4. The molecule has 0 fully saturated rings. The lowest BCUT2D eigenvalue weighted by Gasteiger charge is -1.97. The van der Waals surface area contributed by atoms with Gasteiger partial charge in [-0.3, -0.25) is 10.1 Å². The maximum atomic E-state index is 13.1. The SMILES string of the molecule is O=C(/C=C/c1cccc(F)c1)Nc1nnc(-c2ccccc2Cl)s1. The number of benzene rings is 2. The molecule has 3 rings (SSSR count). The number of aromatic nitrogens is 2. The highest BCUT2D eigenvalue weighted by Gasteiger charge is 2.10. The van der Waals surface area contributed by atoms with Crippen LogP contribution < -0.4 is 5.32 Å². The molecular weight excluding hydrogens is 349 g/mol. The lowest BCUT2D eigenvalue weighted by Crippen LogP contribution is -2.07. The van der Waals surface area contributed by atoms with E-state index in [0.717, 1.165) is 5.56 Å². The van der Waals surface area contributed by atoms with Crippen LogP contribution in [-0.2, 0) is 4.79 Å². The minimum Gasteiger partial charge on any atom is -0.297 e. The molecule has 0 atom stereocenters. The summed E-state index contributed by atoms with van der Waals surface area (Å²) in [7, 11) is 0. The number of hydrogen-bond donors (Lipinski definition) is 1. The maximum Gasteiger partial charge on any atom is 0.250 e. The number of amides is 1. The Bertz CT molecular complexity index is 910. The summed E-state index contributed by atoms with van der Waals surface area (Å²) in [4.78, 5) is 11.9. The van der Waals surface area contributed by atoms with Gasteiger partial charge in [-0.1, -0.05) is 53.3 Å². The average molecular weight is 360 g/mol. The minimum atomic E-state index is -0.374. The molecule has 0 spiro atoms. The quantitative estimate of drug-likeness (QED) is 0.690. The Morgan fingerprint density at radius 3 is 2.79 bits per heavy atom. The third-order valence-electron chi connectivity index (χ3n) is 3.04. The number of carbonyl (C=O) groups is 1. The van der Waals surface area contributed by atoms with Gasteiger partial charge in [0.25, 0.3) is 0 Å². The van der Waals surface area contributed by atoms with Crippen molar-refractivity contribution >= 4 is 40.1 Å². The monoisotopic (exact) mass is 359 g/mol. The van der Waals surface area contributed by atoms with E-state index in [1.807, 2.05) is 18.2 Å². The summed E-state index contributed by atoms with van der Waals surface area (Å²) in [6, 6.07) is 13.2. The van der Waals surface area contributed by atoms with Gasteiger partial charge in [0.05, 0.1) is 5.02 Å². The van der Waals surface area contributed by atoms with Crippen LogP contribution in [0.4, 0.5) is 9.52 Å². The van der Waals surface area contributed by atoms with E-state index in [1.165, 1.54) is 35.6 Å². The number of hydrogen-bond acceptors (Lipinski definition) is 4. The molecule has 1 aromatic heterocycles. The summed E-state index contributed by atoms with van der Waals surface area (Å²) in [5, 5.41) is 12.1. The molecule has 1 amide bonds. The van der Waals surface area contributed by atoms with Crippen molar-refractivity contribution in [1.82, 2.24) is 10.2 Å². The van der Waals surface area contributed by atoms with Gasteiger partial charge in [-0.25, -0.2) is 4.39 Å². The van der Waals surface area contributed by atoms with Crippen LogP contribution in [0.1, 0.15) is 5.56 Å². The molecule has 2 aromatic carbocycles. The van der Waals surface area contributed by atoms with E-state index in [-0.39, 0.29) is 11.7 Å². The van der Waals surface area contributed by atoms with Crippen molar-refractivity contribution in [3.63, 3.8) is 0 Å². The Hall–Kier alpha value is -2.57. The predicted molar refractivity (Wildman–Crippen MR) is 94.4 cm³/mol. The van der Waals surface area contributed by atoms with Crippen molar-refractivity contribution in [2.45, 2.75) is 0 Å². The second-order valence-corrected chi connectivity index (χ2v) is 6.15. The Morgan fingerprint density at radius 2 is 2.00 bits per heavy atom. The molecule has 4 nitrogen and oxygen atoms in total. The molecule has 7 heteroatoms. The molecule has 120 valence electrons. The van der Waals surface area contributed by atoms with Crippen LogP contribution in [0, 0.1) is 5.82 Å². The van der Waals surface area contributed by atoms with Crippen LogP contribution in [0.15, 0.2) is 54.6 Å². The van der Waals surface area contributed by atoms with E-state index in [9.17, 15) is 9.18 Å². The first-order valence-electron chi connectivity index (χ1n) is 6.95. The second-order valence-electron chi connectivity index (χ2n) is 4.77. The smallest absolute Gasteiger partial charge is 0.250 e. The van der Waals surface area contributed by atoms with E-state index in [4.69, 9.17) is 11.6 Å². The first kappa shape index (κ1) is 16.3. The third kappa shape index (κ3) is 4.04. The lowest BCUT2D eigenvalue weighted by molar-refractivity contribution is -0.111. The van der Waals surface area contributed by atoms with Crippen molar-refractivity contribution in [2.24, 2.45) is 0 Å². The van der Waals surface area contributed by atoms with Crippen LogP contribution in [0.5, 0.6) is 0 Å².